The van der Waals surface area contributed by atoms with Crippen molar-refractivity contribution in [2.75, 3.05) is 13.2 Å². The highest BCUT2D eigenvalue weighted by atomic mass is 35.5. The Morgan fingerprint density at radius 2 is 1.28 bits per heavy atom. The third kappa shape index (κ3) is 9.10. The lowest BCUT2D eigenvalue weighted by Crippen LogP contribution is -2.27. The first-order chi connectivity index (χ1) is 17.1. The third-order valence-electron chi connectivity index (χ3n) is 4.78. The second kappa shape index (κ2) is 12.7. The first kappa shape index (κ1) is 27.4. The fraction of sp³-hybridized carbons (Fsp3) is 0.286. The average Bonchev–Trinajstić information content (AvgIpc) is 2.81. The van der Waals surface area contributed by atoms with Gasteiger partial charge in [-0.3, -0.25) is 0 Å². The van der Waals surface area contributed by atoms with Gasteiger partial charge in [-0.15, -0.1) is 0 Å². The zero-order chi connectivity index (χ0) is 26.1. The Morgan fingerprint density at radius 3 is 1.81 bits per heavy atom. The van der Waals surface area contributed by atoms with E-state index in [9.17, 15) is 9.59 Å². The minimum absolute atomic E-state index is 0.164. The van der Waals surface area contributed by atoms with Crippen LogP contribution in [0.2, 0.25) is 10.0 Å². The highest BCUT2D eigenvalue weighted by Crippen LogP contribution is 2.31. The first-order valence-electron chi connectivity index (χ1n) is 11.3. The van der Waals surface area contributed by atoms with Gasteiger partial charge in [0.25, 0.3) is 0 Å². The van der Waals surface area contributed by atoms with E-state index >= 15 is 0 Å². The van der Waals surface area contributed by atoms with E-state index in [-0.39, 0.29) is 19.8 Å². The van der Waals surface area contributed by atoms with Gasteiger partial charge in [0, 0.05) is 27.6 Å². The minimum Gasteiger partial charge on any atom is -0.482 e. The topological polar surface area (TPSA) is 71.1 Å². The van der Waals surface area contributed by atoms with E-state index < -0.39 is 17.5 Å². The van der Waals surface area contributed by atoms with Gasteiger partial charge in [0.15, 0.2) is 13.2 Å². The van der Waals surface area contributed by atoms with Gasteiger partial charge in [-0.2, -0.15) is 0 Å². The number of carbonyl (C=O) groups is 2. The largest absolute Gasteiger partial charge is 0.482 e. The molecule has 3 aromatic carbocycles. The SMILES string of the molecule is CC(C)(C)OC(=O)COc1ccc(Cl)cc1Cc1cc(Cl)ccc1OCC(=O)OCc1ccccc1. The molecule has 3 rings (SSSR count). The summed E-state index contributed by atoms with van der Waals surface area (Å²) < 4.78 is 22.1. The molecule has 0 fully saturated rings. The molecule has 0 spiro atoms. The molecular formula is C28H28Cl2O6. The van der Waals surface area contributed by atoms with Crippen LogP contribution in [0.4, 0.5) is 0 Å². The number of halogens is 2. The van der Waals surface area contributed by atoms with Crippen LogP contribution in [-0.2, 0) is 32.1 Å². The van der Waals surface area contributed by atoms with E-state index in [0.29, 0.717) is 39.1 Å². The van der Waals surface area contributed by atoms with Crippen molar-refractivity contribution >= 4 is 35.1 Å². The van der Waals surface area contributed by atoms with Crippen LogP contribution in [-0.4, -0.2) is 30.8 Å². The van der Waals surface area contributed by atoms with Crippen molar-refractivity contribution in [2.45, 2.75) is 39.4 Å². The highest BCUT2D eigenvalue weighted by Gasteiger charge is 2.18. The first-order valence-corrected chi connectivity index (χ1v) is 12.1. The van der Waals surface area contributed by atoms with Gasteiger partial charge < -0.3 is 18.9 Å². The Labute approximate surface area is 221 Å². The van der Waals surface area contributed by atoms with Crippen molar-refractivity contribution < 1.29 is 28.5 Å². The van der Waals surface area contributed by atoms with Crippen LogP contribution in [0.1, 0.15) is 37.5 Å². The van der Waals surface area contributed by atoms with Gasteiger partial charge in [-0.1, -0.05) is 53.5 Å². The summed E-state index contributed by atoms with van der Waals surface area (Å²) in [6.45, 7) is 5.01. The van der Waals surface area contributed by atoms with Crippen LogP contribution in [0, 0.1) is 0 Å². The van der Waals surface area contributed by atoms with Crippen LogP contribution in [0.5, 0.6) is 11.5 Å². The summed E-state index contributed by atoms with van der Waals surface area (Å²) in [6.07, 6.45) is 0.333. The van der Waals surface area contributed by atoms with Crippen LogP contribution in [0.25, 0.3) is 0 Å². The standard InChI is InChI=1S/C28H28Cl2O6/c1-28(2,3)36-27(32)18-34-25-12-10-23(30)15-21(25)13-20-14-22(29)9-11-24(20)33-17-26(31)35-16-19-7-5-4-6-8-19/h4-12,14-15H,13,16-18H2,1-3H3. The van der Waals surface area contributed by atoms with Crippen molar-refractivity contribution in [2.24, 2.45) is 0 Å². The number of hydrogen-bond donors (Lipinski definition) is 0. The summed E-state index contributed by atoms with van der Waals surface area (Å²) >= 11 is 12.5. The average molecular weight is 531 g/mol. The van der Waals surface area contributed by atoms with Crippen molar-refractivity contribution in [3.8, 4) is 11.5 Å². The molecule has 0 radical (unpaired) electrons. The van der Waals surface area contributed by atoms with E-state index in [0.717, 1.165) is 5.56 Å². The number of carbonyl (C=O) groups excluding carboxylic acids is 2. The Balaban J connectivity index is 1.68. The predicted molar refractivity (Wildman–Crippen MR) is 139 cm³/mol. The van der Waals surface area contributed by atoms with Crippen LogP contribution < -0.4 is 9.47 Å². The summed E-state index contributed by atoms with van der Waals surface area (Å²) in [4.78, 5) is 24.3. The molecule has 0 heterocycles. The fourth-order valence-electron chi connectivity index (χ4n) is 3.28. The lowest BCUT2D eigenvalue weighted by molar-refractivity contribution is -0.157. The summed E-state index contributed by atoms with van der Waals surface area (Å²) in [7, 11) is 0. The number of hydrogen-bond acceptors (Lipinski definition) is 6. The second-order valence-corrected chi connectivity index (χ2v) is 9.86. The van der Waals surface area contributed by atoms with Gasteiger partial charge in [-0.25, -0.2) is 9.59 Å². The van der Waals surface area contributed by atoms with Crippen molar-refractivity contribution in [3.05, 3.63) is 93.5 Å². The molecule has 0 saturated carbocycles. The molecule has 190 valence electrons. The van der Waals surface area contributed by atoms with E-state index in [4.69, 9.17) is 42.1 Å². The molecule has 0 saturated heterocycles. The lowest BCUT2D eigenvalue weighted by Gasteiger charge is -2.20. The minimum atomic E-state index is -0.613. The maximum Gasteiger partial charge on any atom is 0.344 e. The molecule has 0 unspecified atom stereocenters. The smallest absolute Gasteiger partial charge is 0.344 e. The molecule has 8 heteroatoms. The van der Waals surface area contributed by atoms with Crippen LogP contribution in [0.15, 0.2) is 66.7 Å². The van der Waals surface area contributed by atoms with E-state index in [2.05, 4.69) is 0 Å². The summed E-state index contributed by atoms with van der Waals surface area (Å²) in [5, 5.41) is 1.01. The predicted octanol–water partition coefficient (Wildman–Crippen LogP) is 6.43. The molecular weight excluding hydrogens is 503 g/mol. The Morgan fingerprint density at radius 1 is 0.750 bits per heavy atom. The zero-order valence-corrected chi connectivity index (χ0v) is 21.9. The Kier molecular flexibility index (Phi) is 9.62. The summed E-state index contributed by atoms with van der Waals surface area (Å²) in [6, 6.07) is 19.6. The molecule has 0 amide bonds. The van der Waals surface area contributed by atoms with Crippen LogP contribution >= 0.6 is 23.2 Å². The molecule has 0 aliphatic heterocycles. The lowest BCUT2D eigenvalue weighted by atomic mass is 10.0. The van der Waals surface area contributed by atoms with Gasteiger partial charge in [0.2, 0.25) is 0 Å². The number of benzene rings is 3. The normalized spacial score (nSPS) is 11.0. The molecule has 0 aromatic heterocycles. The van der Waals surface area contributed by atoms with E-state index in [1.165, 1.54) is 0 Å². The Hall–Kier alpha value is -3.22. The second-order valence-electron chi connectivity index (χ2n) is 8.99. The summed E-state index contributed by atoms with van der Waals surface area (Å²) in [5.74, 6) is -0.0410. The number of rotatable bonds is 10. The van der Waals surface area contributed by atoms with Gasteiger partial charge in [-0.05, 0) is 62.7 Å². The molecule has 36 heavy (non-hydrogen) atoms. The van der Waals surface area contributed by atoms with Gasteiger partial charge in [0.1, 0.15) is 23.7 Å². The van der Waals surface area contributed by atoms with Crippen LogP contribution in [0.3, 0.4) is 0 Å². The zero-order valence-electron chi connectivity index (χ0n) is 20.4. The molecule has 0 bridgehead atoms. The van der Waals surface area contributed by atoms with Crippen molar-refractivity contribution in [1.29, 1.82) is 0 Å². The molecule has 6 nitrogen and oxygen atoms in total. The molecule has 0 N–H and O–H groups in total. The number of ether oxygens (including phenoxy) is 4. The van der Waals surface area contributed by atoms with E-state index in [1.807, 2.05) is 30.3 Å². The Bertz CT molecular complexity index is 1190. The maximum absolute atomic E-state index is 12.2. The third-order valence-corrected chi connectivity index (χ3v) is 5.25. The van der Waals surface area contributed by atoms with E-state index in [1.54, 1.807) is 57.2 Å². The maximum atomic E-state index is 12.2. The number of esters is 2. The van der Waals surface area contributed by atoms with Gasteiger partial charge in [0.05, 0.1) is 0 Å². The summed E-state index contributed by atoms with van der Waals surface area (Å²) in [5.41, 5.74) is 1.70. The molecule has 0 atom stereocenters. The molecule has 3 aromatic rings. The molecule has 0 aliphatic carbocycles. The van der Waals surface area contributed by atoms with Crippen molar-refractivity contribution in [3.63, 3.8) is 0 Å². The fourth-order valence-corrected chi connectivity index (χ4v) is 3.67. The quantitative estimate of drug-likeness (QED) is 0.281. The van der Waals surface area contributed by atoms with Crippen molar-refractivity contribution in [1.82, 2.24) is 0 Å². The molecule has 0 aliphatic rings. The highest BCUT2D eigenvalue weighted by molar-refractivity contribution is 6.31. The van der Waals surface area contributed by atoms with Gasteiger partial charge >= 0.3 is 11.9 Å². The monoisotopic (exact) mass is 530 g/mol.